The molecule has 0 atom stereocenters. The van der Waals surface area contributed by atoms with Crippen molar-refractivity contribution in [2.45, 2.75) is 19.8 Å². The predicted octanol–water partition coefficient (Wildman–Crippen LogP) is 3.22. The van der Waals surface area contributed by atoms with Gasteiger partial charge in [-0.2, -0.15) is 0 Å². The molecule has 0 amide bonds. The van der Waals surface area contributed by atoms with Crippen molar-refractivity contribution in [2.24, 2.45) is 0 Å². The number of rotatable bonds is 7. The Morgan fingerprint density at radius 3 is 2.77 bits per heavy atom. The molecule has 6 nitrogen and oxygen atoms in total. The Bertz CT molecular complexity index is 752. The van der Waals surface area contributed by atoms with E-state index in [4.69, 9.17) is 9.47 Å². The second kappa shape index (κ2) is 10.4. The number of pyridine rings is 1. The fraction of sp³-hybridized carbons (Fsp3) is 0.263. The summed E-state index contributed by atoms with van der Waals surface area (Å²) in [4.78, 5) is 38.9. The largest absolute Gasteiger partial charge is 0.462 e. The SMILES string of the molecule is CC(=O)OC1=CC=CC=C(C(=O)SCCCOC(=O)c2cccnc2)C1. The minimum atomic E-state index is -0.429. The first-order valence-corrected chi connectivity index (χ1v) is 9.04. The molecule has 1 heterocycles. The van der Waals surface area contributed by atoms with Crippen molar-refractivity contribution in [3.8, 4) is 0 Å². The average Bonchev–Trinajstić information content (AvgIpc) is 2.87. The molecule has 0 aliphatic heterocycles. The van der Waals surface area contributed by atoms with Gasteiger partial charge in [0.2, 0.25) is 5.12 Å². The number of carbonyl (C=O) groups is 3. The molecule has 136 valence electrons. The van der Waals surface area contributed by atoms with Gasteiger partial charge >= 0.3 is 11.9 Å². The van der Waals surface area contributed by atoms with Crippen LogP contribution in [0.2, 0.25) is 0 Å². The molecular formula is C19H19NO5S. The van der Waals surface area contributed by atoms with Crippen LogP contribution >= 0.6 is 11.8 Å². The van der Waals surface area contributed by atoms with Crippen molar-refractivity contribution in [2.75, 3.05) is 12.4 Å². The molecule has 0 N–H and O–H groups in total. The number of thioether (sulfide) groups is 1. The summed E-state index contributed by atoms with van der Waals surface area (Å²) >= 11 is 1.15. The van der Waals surface area contributed by atoms with Gasteiger partial charge in [-0.15, -0.1) is 0 Å². The third-order valence-electron chi connectivity index (χ3n) is 3.24. The first kappa shape index (κ1) is 19.7. The summed E-state index contributed by atoms with van der Waals surface area (Å²) in [5, 5.41) is -0.0896. The topological polar surface area (TPSA) is 82.6 Å². The smallest absolute Gasteiger partial charge is 0.339 e. The third kappa shape index (κ3) is 6.68. The summed E-state index contributed by atoms with van der Waals surface area (Å²) < 4.78 is 10.2. The normalized spacial score (nSPS) is 13.3. The summed E-state index contributed by atoms with van der Waals surface area (Å²) in [6.07, 6.45) is 10.7. The molecule has 0 saturated heterocycles. The first-order valence-electron chi connectivity index (χ1n) is 8.05. The Morgan fingerprint density at radius 2 is 2.04 bits per heavy atom. The highest BCUT2D eigenvalue weighted by molar-refractivity contribution is 8.14. The van der Waals surface area contributed by atoms with E-state index >= 15 is 0 Å². The monoisotopic (exact) mass is 373 g/mol. The van der Waals surface area contributed by atoms with Gasteiger partial charge in [0.15, 0.2) is 0 Å². The molecule has 0 aromatic carbocycles. The van der Waals surface area contributed by atoms with Crippen molar-refractivity contribution in [3.05, 3.63) is 65.7 Å². The fourth-order valence-corrected chi connectivity index (χ4v) is 2.86. The zero-order valence-electron chi connectivity index (χ0n) is 14.3. The Balaban J connectivity index is 1.71. The minimum absolute atomic E-state index is 0.0896. The zero-order chi connectivity index (χ0) is 18.8. The molecular weight excluding hydrogens is 354 g/mol. The van der Waals surface area contributed by atoms with Crippen LogP contribution in [0.4, 0.5) is 0 Å². The van der Waals surface area contributed by atoms with E-state index in [0.29, 0.717) is 29.1 Å². The molecule has 26 heavy (non-hydrogen) atoms. The van der Waals surface area contributed by atoms with Gasteiger partial charge in [-0.05, 0) is 24.6 Å². The Morgan fingerprint density at radius 1 is 1.23 bits per heavy atom. The Hall–Kier alpha value is -2.67. The molecule has 1 aromatic heterocycles. The molecule has 0 radical (unpaired) electrons. The lowest BCUT2D eigenvalue weighted by atomic mass is 10.2. The summed E-state index contributed by atoms with van der Waals surface area (Å²) in [7, 11) is 0. The van der Waals surface area contributed by atoms with Crippen LogP contribution in [0, 0.1) is 0 Å². The van der Waals surface area contributed by atoms with Gasteiger partial charge in [0.05, 0.1) is 12.2 Å². The van der Waals surface area contributed by atoms with E-state index in [2.05, 4.69) is 4.98 Å². The highest BCUT2D eigenvalue weighted by Gasteiger charge is 2.15. The lowest BCUT2D eigenvalue weighted by molar-refractivity contribution is -0.137. The predicted molar refractivity (Wildman–Crippen MR) is 98.3 cm³/mol. The van der Waals surface area contributed by atoms with Crippen LogP contribution < -0.4 is 0 Å². The van der Waals surface area contributed by atoms with Crippen molar-refractivity contribution in [1.82, 2.24) is 4.98 Å². The van der Waals surface area contributed by atoms with E-state index in [1.54, 1.807) is 42.6 Å². The van der Waals surface area contributed by atoms with Crippen LogP contribution in [0.25, 0.3) is 0 Å². The molecule has 2 rings (SSSR count). The number of hydrogen-bond donors (Lipinski definition) is 0. The van der Waals surface area contributed by atoms with Crippen LogP contribution in [-0.4, -0.2) is 34.4 Å². The minimum Gasteiger partial charge on any atom is -0.462 e. The fourth-order valence-electron chi connectivity index (χ4n) is 2.08. The van der Waals surface area contributed by atoms with Gasteiger partial charge in [0.25, 0.3) is 0 Å². The highest BCUT2D eigenvalue weighted by Crippen LogP contribution is 2.22. The lowest BCUT2D eigenvalue weighted by Gasteiger charge is -2.08. The number of carbonyl (C=O) groups excluding carboxylic acids is 3. The van der Waals surface area contributed by atoms with Gasteiger partial charge in [-0.25, -0.2) is 4.79 Å². The Labute approximate surface area is 156 Å². The van der Waals surface area contributed by atoms with Crippen molar-refractivity contribution in [1.29, 1.82) is 0 Å². The summed E-state index contributed by atoms with van der Waals surface area (Å²) in [5.74, 6) is 0.118. The zero-order valence-corrected chi connectivity index (χ0v) is 15.2. The van der Waals surface area contributed by atoms with Crippen LogP contribution in [0.5, 0.6) is 0 Å². The number of ether oxygens (including phenoxy) is 2. The van der Waals surface area contributed by atoms with Crippen LogP contribution in [-0.2, 0) is 19.1 Å². The van der Waals surface area contributed by atoms with E-state index in [1.165, 1.54) is 13.1 Å². The molecule has 0 saturated carbocycles. The average molecular weight is 373 g/mol. The van der Waals surface area contributed by atoms with Crippen molar-refractivity contribution < 1.29 is 23.9 Å². The molecule has 0 unspecified atom stereocenters. The van der Waals surface area contributed by atoms with Crippen LogP contribution in [0.15, 0.2) is 60.2 Å². The lowest BCUT2D eigenvalue weighted by Crippen LogP contribution is -2.08. The second-order valence-corrected chi connectivity index (χ2v) is 6.42. The maximum Gasteiger partial charge on any atom is 0.339 e. The maximum absolute atomic E-state index is 12.3. The number of esters is 2. The third-order valence-corrected chi connectivity index (χ3v) is 4.26. The number of allylic oxidation sites excluding steroid dienone is 5. The van der Waals surface area contributed by atoms with E-state index in [1.807, 2.05) is 0 Å². The van der Waals surface area contributed by atoms with Gasteiger partial charge < -0.3 is 9.47 Å². The second-order valence-electron chi connectivity index (χ2n) is 5.35. The van der Waals surface area contributed by atoms with Crippen molar-refractivity contribution in [3.63, 3.8) is 0 Å². The summed E-state index contributed by atoms with van der Waals surface area (Å²) in [6.45, 7) is 1.55. The van der Waals surface area contributed by atoms with E-state index in [9.17, 15) is 14.4 Å². The van der Waals surface area contributed by atoms with Gasteiger partial charge in [0, 0.05) is 37.1 Å². The quantitative estimate of drug-likeness (QED) is 0.536. The van der Waals surface area contributed by atoms with Crippen LogP contribution in [0.3, 0.4) is 0 Å². The first-order chi connectivity index (χ1) is 12.6. The number of aromatic nitrogens is 1. The molecule has 0 bridgehead atoms. The van der Waals surface area contributed by atoms with E-state index < -0.39 is 11.9 Å². The maximum atomic E-state index is 12.3. The van der Waals surface area contributed by atoms with E-state index in [0.717, 1.165) is 11.8 Å². The van der Waals surface area contributed by atoms with Crippen molar-refractivity contribution >= 4 is 28.8 Å². The number of hydrogen-bond acceptors (Lipinski definition) is 7. The number of nitrogens with zero attached hydrogens (tertiary/aromatic N) is 1. The molecule has 1 aromatic rings. The summed E-state index contributed by atoms with van der Waals surface area (Å²) in [5.41, 5.74) is 0.958. The van der Waals surface area contributed by atoms with Gasteiger partial charge in [-0.1, -0.05) is 30.0 Å². The van der Waals surface area contributed by atoms with Gasteiger partial charge in [0.1, 0.15) is 5.76 Å². The highest BCUT2D eigenvalue weighted by atomic mass is 32.2. The van der Waals surface area contributed by atoms with Gasteiger partial charge in [-0.3, -0.25) is 14.6 Å². The van der Waals surface area contributed by atoms with E-state index in [-0.39, 0.29) is 18.1 Å². The molecule has 1 aliphatic rings. The molecule has 0 fully saturated rings. The molecule has 1 aliphatic carbocycles. The summed E-state index contributed by atoms with van der Waals surface area (Å²) in [6, 6.07) is 3.30. The molecule has 7 heteroatoms. The molecule has 0 spiro atoms. The Kier molecular flexibility index (Phi) is 7.82. The standard InChI is InChI=1S/C19H19NO5S/c1-14(21)25-17-8-3-2-6-15(12-17)19(23)26-11-5-10-24-18(22)16-7-4-9-20-13-16/h2-4,6-9,13H,5,10-12H2,1H3. The van der Waals surface area contributed by atoms with Crippen LogP contribution in [0.1, 0.15) is 30.1 Å².